The number of nitrogens with one attached hydrogen (secondary N) is 1. The number of rotatable bonds is 3. The first kappa shape index (κ1) is 12.9. The van der Waals surface area contributed by atoms with Gasteiger partial charge in [-0.15, -0.1) is 0 Å². The second-order valence-corrected chi connectivity index (χ2v) is 6.01. The number of aliphatic hydroxyl groups is 1. The van der Waals surface area contributed by atoms with Crippen LogP contribution in [0.4, 0.5) is 0 Å². The number of aryl methyl sites for hydroxylation is 1. The highest BCUT2D eigenvalue weighted by Crippen LogP contribution is 2.40. The average Bonchev–Trinajstić information content (AvgIpc) is 2.26. The van der Waals surface area contributed by atoms with Crippen LogP contribution in [-0.2, 0) is 6.54 Å². The summed E-state index contributed by atoms with van der Waals surface area (Å²) in [5.74, 6) is 0. The van der Waals surface area contributed by atoms with Gasteiger partial charge in [-0.1, -0.05) is 37.6 Å². The van der Waals surface area contributed by atoms with Gasteiger partial charge in [-0.05, 0) is 30.5 Å². The number of hydrogen-bond acceptors (Lipinski definition) is 2. The van der Waals surface area contributed by atoms with Crippen LogP contribution < -0.4 is 5.32 Å². The third-order valence-corrected chi connectivity index (χ3v) is 4.32. The summed E-state index contributed by atoms with van der Waals surface area (Å²) in [6.45, 7) is 6.99. The van der Waals surface area contributed by atoms with E-state index in [0.717, 1.165) is 23.6 Å². The van der Waals surface area contributed by atoms with E-state index in [1.165, 1.54) is 5.56 Å². The van der Waals surface area contributed by atoms with Crippen LogP contribution in [0.2, 0.25) is 5.02 Å². The van der Waals surface area contributed by atoms with Gasteiger partial charge in [0.15, 0.2) is 0 Å². The van der Waals surface area contributed by atoms with Crippen LogP contribution in [-0.4, -0.2) is 17.3 Å². The third kappa shape index (κ3) is 2.49. The molecule has 2 nitrogen and oxygen atoms in total. The molecular weight excluding hydrogens is 234 g/mol. The van der Waals surface area contributed by atoms with Crippen molar-refractivity contribution in [1.82, 2.24) is 5.32 Å². The summed E-state index contributed by atoms with van der Waals surface area (Å²) in [7, 11) is 0. The van der Waals surface area contributed by atoms with Crippen molar-refractivity contribution in [1.29, 1.82) is 0 Å². The molecular formula is C14H20ClNO. The number of halogens is 1. The highest BCUT2D eigenvalue weighted by Gasteiger charge is 2.46. The molecule has 0 radical (unpaired) electrons. The first-order valence-corrected chi connectivity index (χ1v) is 6.45. The van der Waals surface area contributed by atoms with Gasteiger partial charge in [-0.2, -0.15) is 0 Å². The van der Waals surface area contributed by atoms with Gasteiger partial charge in [-0.25, -0.2) is 0 Å². The fourth-order valence-electron chi connectivity index (χ4n) is 2.28. The molecule has 1 saturated carbocycles. The molecule has 0 saturated heterocycles. The number of benzene rings is 1. The molecule has 94 valence electrons. The molecule has 1 aliphatic rings. The average molecular weight is 254 g/mol. The van der Waals surface area contributed by atoms with Gasteiger partial charge in [0.2, 0.25) is 0 Å². The number of aliphatic hydroxyl groups excluding tert-OH is 1. The molecule has 2 rings (SSSR count). The van der Waals surface area contributed by atoms with Gasteiger partial charge in [0.25, 0.3) is 0 Å². The Hall–Kier alpha value is -0.570. The van der Waals surface area contributed by atoms with E-state index in [9.17, 15) is 5.11 Å². The van der Waals surface area contributed by atoms with E-state index in [1.807, 2.05) is 13.0 Å². The Morgan fingerprint density at radius 2 is 2.18 bits per heavy atom. The minimum Gasteiger partial charge on any atom is -0.392 e. The van der Waals surface area contributed by atoms with Crippen LogP contribution in [0, 0.1) is 12.3 Å². The lowest BCUT2D eigenvalue weighted by Gasteiger charge is -2.49. The van der Waals surface area contributed by atoms with Crippen molar-refractivity contribution >= 4 is 11.6 Å². The summed E-state index contributed by atoms with van der Waals surface area (Å²) in [6.07, 6.45) is 0.643. The van der Waals surface area contributed by atoms with Crippen LogP contribution in [0.15, 0.2) is 18.2 Å². The largest absolute Gasteiger partial charge is 0.392 e. The fraction of sp³-hybridized carbons (Fsp3) is 0.571. The summed E-state index contributed by atoms with van der Waals surface area (Å²) >= 11 is 6.18. The highest BCUT2D eigenvalue weighted by molar-refractivity contribution is 6.31. The van der Waals surface area contributed by atoms with Gasteiger partial charge in [0.1, 0.15) is 0 Å². The summed E-state index contributed by atoms with van der Waals surface area (Å²) in [4.78, 5) is 0. The highest BCUT2D eigenvalue weighted by atomic mass is 35.5. The van der Waals surface area contributed by atoms with E-state index < -0.39 is 0 Å². The second kappa shape index (κ2) is 4.60. The topological polar surface area (TPSA) is 32.3 Å². The maximum absolute atomic E-state index is 9.67. The first-order valence-electron chi connectivity index (χ1n) is 6.07. The third-order valence-electron chi connectivity index (χ3n) is 3.96. The van der Waals surface area contributed by atoms with E-state index in [0.29, 0.717) is 6.04 Å². The van der Waals surface area contributed by atoms with Crippen molar-refractivity contribution in [2.75, 3.05) is 0 Å². The molecule has 0 amide bonds. The van der Waals surface area contributed by atoms with Crippen LogP contribution >= 0.6 is 11.6 Å². The zero-order valence-corrected chi connectivity index (χ0v) is 11.4. The van der Waals surface area contributed by atoms with Crippen LogP contribution in [0.1, 0.15) is 31.4 Å². The van der Waals surface area contributed by atoms with Crippen molar-refractivity contribution in [3.63, 3.8) is 0 Å². The Morgan fingerprint density at radius 3 is 2.71 bits per heavy atom. The lowest BCUT2D eigenvalue weighted by Crippen LogP contribution is -2.59. The maximum atomic E-state index is 9.67. The van der Waals surface area contributed by atoms with Crippen LogP contribution in [0.25, 0.3) is 0 Å². The van der Waals surface area contributed by atoms with E-state index in [2.05, 4.69) is 31.3 Å². The fourth-order valence-corrected chi connectivity index (χ4v) is 2.58. The quantitative estimate of drug-likeness (QED) is 0.868. The smallest absolute Gasteiger partial charge is 0.0621 e. The zero-order valence-electron chi connectivity index (χ0n) is 10.6. The molecule has 1 aromatic rings. The number of hydrogen-bond donors (Lipinski definition) is 2. The van der Waals surface area contributed by atoms with Gasteiger partial charge in [-0.3, -0.25) is 0 Å². The Balaban J connectivity index is 1.95. The van der Waals surface area contributed by atoms with E-state index >= 15 is 0 Å². The predicted octanol–water partition coefficient (Wildman–Crippen LogP) is 2.90. The normalized spacial score (nSPS) is 26.6. The molecule has 1 aliphatic carbocycles. The minimum absolute atomic E-state index is 0.0306. The molecule has 2 unspecified atom stereocenters. The van der Waals surface area contributed by atoms with Gasteiger partial charge in [0.05, 0.1) is 6.10 Å². The second-order valence-electron chi connectivity index (χ2n) is 5.60. The SMILES string of the molecule is Cc1ccc(CNC2CC(O)C2(C)C)c(Cl)c1. The molecule has 2 N–H and O–H groups in total. The monoisotopic (exact) mass is 253 g/mol. The first-order chi connectivity index (χ1) is 7.91. The summed E-state index contributed by atoms with van der Waals surface area (Å²) in [6, 6.07) is 6.49. The molecule has 2 atom stereocenters. The lowest BCUT2D eigenvalue weighted by atomic mass is 9.64. The van der Waals surface area contributed by atoms with Crippen molar-refractivity contribution in [2.24, 2.45) is 5.41 Å². The van der Waals surface area contributed by atoms with E-state index in [-0.39, 0.29) is 11.5 Å². The maximum Gasteiger partial charge on any atom is 0.0621 e. The van der Waals surface area contributed by atoms with Crippen molar-refractivity contribution in [2.45, 2.75) is 45.9 Å². The molecule has 0 spiro atoms. The molecule has 1 aromatic carbocycles. The van der Waals surface area contributed by atoms with Crippen molar-refractivity contribution < 1.29 is 5.11 Å². The molecule has 0 aromatic heterocycles. The zero-order chi connectivity index (χ0) is 12.6. The van der Waals surface area contributed by atoms with Crippen molar-refractivity contribution in [3.05, 3.63) is 34.3 Å². The molecule has 0 aliphatic heterocycles. The standard InChI is InChI=1S/C14H20ClNO/c1-9-4-5-10(11(15)6-9)8-16-12-7-13(17)14(12,2)3/h4-6,12-13,16-17H,7-8H2,1-3H3. The van der Waals surface area contributed by atoms with E-state index in [4.69, 9.17) is 11.6 Å². The summed E-state index contributed by atoms with van der Waals surface area (Å²) < 4.78 is 0. The molecule has 0 bridgehead atoms. The molecule has 1 fully saturated rings. The summed E-state index contributed by atoms with van der Waals surface area (Å²) in [5.41, 5.74) is 2.27. The Morgan fingerprint density at radius 1 is 1.47 bits per heavy atom. The minimum atomic E-state index is -0.187. The predicted molar refractivity (Wildman–Crippen MR) is 71.2 cm³/mol. The van der Waals surface area contributed by atoms with Gasteiger partial charge >= 0.3 is 0 Å². The Kier molecular flexibility index (Phi) is 3.48. The van der Waals surface area contributed by atoms with Gasteiger partial charge < -0.3 is 10.4 Å². The van der Waals surface area contributed by atoms with E-state index in [1.54, 1.807) is 0 Å². The van der Waals surface area contributed by atoms with Crippen LogP contribution in [0.5, 0.6) is 0 Å². The Labute approximate surface area is 108 Å². The summed E-state index contributed by atoms with van der Waals surface area (Å²) in [5, 5.41) is 14.0. The molecule has 0 heterocycles. The molecule has 17 heavy (non-hydrogen) atoms. The van der Waals surface area contributed by atoms with Crippen molar-refractivity contribution in [3.8, 4) is 0 Å². The van der Waals surface area contributed by atoms with Gasteiger partial charge in [0, 0.05) is 23.0 Å². The Bertz CT molecular complexity index is 417. The molecule has 3 heteroatoms. The lowest BCUT2D eigenvalue weighted by molar-refractivity contribution is -0.0729. The van der Waals surface area contributed by atoms with Crippen LogP contribution in [0.3, 0.4) is 0 Å².